The second-order valence-corrected chi connectivity index (χ2v) is 4.97. The van der Waals surface area contributed by atoms with Crippen molar-refractivity contribution in [2.75, 3.05) is 19.6 Å². The molecule has 1 atom stereocenters. The second-order valence-electron chi connectivity index (χ2n) is 4.97. The van der Waals surface area contributed by atoms with Gasteiger partial charge in [-0.25, -0.2) is 4.98 Å². The molecule has 4 nitrogen and oxygen atoms in total. The lowest BCUT2D eigenvalue weighted by atomic mass is 10.0. The van der Waals surface area contributed by atoms with Crippen molar-refractivity contribution >= 4 is 0 Å². The molecule has 1 aliphatic heterocycles. The number of rotatable bonds is 5. The Bertz CT molecular complexity index is 328. The summed E-state index contributed by atoms with van der Waals surface area (Å²) in [4.78, 5) is 6.68. The van der Waals surface area contributed by atoms with E-state index >= 15 is 0 Å². The first kappa shape index (κ1) is 12.6. The van der Waals surface area contributed by atoms with E-state index in [0.717, 1.165) is 19.6 Å². The van der Waals surface area contributed by atoms with Crippen LogP contribution in [0.15, 0.2) is 12.5 Å². The number of nitrogens with zero attached hydrogens (tertiary/aromatic N) is 3. The molecule has 0 radical (unpaired) electrons. The minimum atomic E-state index is 0.678. The first-order valence-corrected chi connectivity index (χ1v) is 6.70. The average molecular weight is 236 g/mol. The number of imidazole rings is 1. The lowest BCUT2D eigenvalue weighted by Gasteiger charge is -2.29. The lowest BCUT2D eigenvalue weighted by molar-refractivity contribution is 0.222. The quantitative estimate of drug-likeness (QED) is 0.838. The molecule has 1 fully saturated rings. The van der Waals surface area contributed by atoms with E-state index < -0.39 is 0 Å². The monoisotopic (exact) mass is 236 g/mol. The number of nitrogens with one attached hydrogen (secondary N) is 1. The van der Waals surface area contributed by atoms with Crippen molar-refractivity contribution < 1.29 is 0 Å². The van der Waals surface area contributed by atoms with Crippen molar-refractivity contribution in [1.29, 1.82) is 0 Å². The Morgan fingerprint density at radius 2 is 2.41 bits per heavy atom. The van der Waals surface area contributed by atoms with Crippen LogP contribution in [-0.2, 0) is 13.6 Å². The summed E-state index contributed by atoms with van der Waals surface area (Å²) in [6.07, 6.45) is 7.88. The highest BCUT2D eigenvalue weighted by Gasteiger charge is 2.16. The highest BCUT2D eigenvalue weighted by Crippen LogP contribution is 2.10. The molecule has 0 aliphatic carbocycles. The Kier molecular flexibility index (Phi) is 4.57. The molecule has 0 bridgehead atoms. The third-order valence-corrected chi connectivity index (χ3v) is 3.64. The lowest BCUT2D eigenvalue weighted by Crippen LogP contribution is -2.43. The van der Waals surface area contributed by atoms with E-state index in [1.807, 2.05) is 12.5 Å². The minimum Gasteiger partial charge on any atom is -0.337 e. The molecule has 1 aliphatic rings. The predicted molar refractivity (Wildman–Crippen MR) is 69.8 cm³/mol. The van der Waals surface area contributed by atoms with Crippen LogP contribution in [0.2, 0.25) is 0 Å². The zero-order valence-electron chi connectivity index (χ0n) is 11.0. The van der Waals surface area contributed by atoms with Gasteiger partial charge in [-0.3, -0.25) is 4.90 Å². The SMILES string of the molecule is CCN(Cc1cncn1C)CC1CCCCN1. The highest BCUT2D eigenvalue weighted by molar-refractivity contribution is 4.97. The Morgan fingerprint density at radius 1 is 1.53 bits per heavy atom. The van der Waals surface area contributed by atoms with Crippen LogP contribution in [-0.4, -0.2) is 40.1 Å². The largest absolute Gasteiger partial charge is 0.337 e. The Hall–Kier alpha value is -0.870. The van der Waals surface area contributed by atoms with E-state index in [1.54, 1.807) is 0 Å². The van der Waals surface area contributed by atoms with Crippen LogP contribution >= 0.6 is 0 Å². The summed E-state index contributed by atoms with van der Waals surface area (Å²) < 4.78 is 2.11. The number of likely N-dealkylation sites (N-methyl/N-ethyl adjacent to an activating group) is 1. The standard InChI is InChI=1S/C13H24N4/c1-3-17(9-12-6-4-5-7-15-12)10-13-8-14-11-16(13)2/h8,11-12,15H,3-7,9-10H2,1-2H3. The first-order valence-electron chi connectivity index (χ1n) is 6.70. The predicted octanol–water partition coefficient (Wildman–Crippen LogP) is 1.38. The van der Waals surface area contributed by atoms with Crippen LogP contribution in [0.25, 0.3) is 0 Å². The van der Waals surface area contributed by atoms with Crippen molar-refractivity contribution in [1.82, 2.24) is 19.8 Å². The molecule has 1 aromatic heterocycles. The van der Waals surface area contributed by atoms with Crippen LogP contribution in [0.3, 0.4) is 0 Å². The van der Waals surface area contributed by atoms with Gasteiger partial charge in [-0.05, 0) is 25.9 Å². The molecule has 2 rings (SSSR count). The maximum Gasteiger partial charge on any atom is 0.0945 e. The summed E-state index contributed by atoms with van der Waals surface area (Å²) in [6.45, 7) is 6.68. The van der Waals surface area contributed by atoms with Gasteiger partial charge >= 0.3 is 0 Å². The Balaban J connectivity index is 1.85. The normalized spacial score (nSPS) is 21.0. The van der Waals surface area contributed by atoms with E-state index in [1.165, 1.54) is 31.5 Å². The summed E-state index contributed by atoms with van der Waals surface area (Å²) in [5.74, 6) is 0. The summed E-state index contributed by atoms with van der Waals surface area (Å²) in [5.41, 5.74) is 1.29. The van der Waals surface area contributed by atoms with E-state index in [9.17, 15) is 0 Å². The third kappa shape index (κ3) is 3.54. The van der Waals surface area contributed by atoms with Gasteiger partial charge in [0.2, 0.25) is 0 Å². The van der Waals surface area contributed by atoms with Gasteiger partial charge in [-0.15, -0.1) is 0 Å². The van der Waals surface area contributed by atoms with Gasteiger partial charge < -0.3 is 9.88 Å². The van der Waals surface area contributed by atoms with E-state index in [4.69, 9.17) is 0 Å². The van der Waals surface area contributed by atoms with Crippen molar-refractivity contribution in [3.05, 3.63) is 18.2 Å². The average Bonchev–Trinajstić information content (AvgIpc) is 2.75. The fourth-order valence-corrected chi connectivity index (χ4v) is 2.46. The zero-order chi connectivity index (χ0) is 12.1. The maximum atomic E-state index is 4.18. The molecule has 1 aromatic rings. The van der Waals surface area contributed by atoms with Crippen LogP contribution in [0.1, 0.15) is 31.9 Å². The number of aromatic nitrogens is 2. The van der Waals surface area contributed by atoms with Crippen molar-refractivity contribution in [3.8, 4) is 0 Å². The summed E-state index contributed by atoms with van der Waals surface area (Å²) in [5, 5.41) is 3.61. The van der Waals surface area contributed by atoms with Gasteiger partial charge in [0, 0.05) is 32.4 Å². The molecular formula is C13H24N4. The first-order chi connectivity index (χ1) is 8.29. The molecule has 2 heterocycles. The van der Waals surface area contributed by atoms with Gasteiger partial charge in [0.25, 0.3) is 0 Å². The molecule has 0 aromatic carbocycles. The van der Waals surface area contributed by atoms with Crippen molar-refractivity contribution in [2.45, 2.75) is 38.8 Å². The number of hydrogen-bond donors (Lipinski definition) is 1. The molecule has 96 valence electrons. The van der Waals surface area contributed by atoms with E-state index in [-0.39, 0.29) is 0 Å². The van der Waals surface area contributed by atoms with Crippen molar-refractivity contribution in [2.24, 2.45) is 7.05 Å². The van der Waals surface area contributed by atoms with E-state index in [2.05, 4.69) is 33.7 Å². The molecule has 17 heavy (non-hydrogen) atoms. The van der Waals surface area contributed by atoms with Crippen LogP contribution < -0.4 is 5.32 Å². The Labute approximate surface area is 104 Å². The van der Waals surface area contributed by atoms with Gasteiger partial charge in [0.1, 0.15) is 0 Å². The molecule has 4 heteroatoms. The van der Waals surface area contributed by atoms with Crippen molar-refractivity contribution in [3.63, 3.8) is 0 Å². The Morgan fingerprint density at radius 3 is 3.00 bits per heavy atom. The topological polar surface area (TPSA) is 33.1 Å². The summed E-state index contributed by atoms with van der Waals surface area (Å²) >= 11 is 0. The number of hydrogen-bond acceptors (Lipinski definition) is 3. The smallest absolute Gasteiger partial charge is 0.0945 e. The fraction of sp³-hybridized carbons (Fsp3) is 0.769. The fourth-order valence-electron chi connectivity index (χ4n) is 2.46. The van der Waals surface area contributed by atoms with Gasteiger partial charge in [-0.2, -0.15) is 0 Å². The minimum absolute atomic E-state index is 0.678. The van der Waals surface area contributed by atoms with Gasteiger partial charge in [-0.1, -0.05) is 13.3 Å². The number of piperidine rings is 1. The van der Waals surface area contributed by atoms with Gasteiger partial charge in [0.05, 0.1) is 12.0 Å². The molecule has 0 spiro atoms. The summed E-state index contributed by atoms with van der Waals surface area (Å²) in [6, 6.07) is 0.678. The van der Waals surface area contributed by atoms with Crippen LogP contribution in [0.5, 0.6) is 0 Å². The number of aryl methyl sites for hydroxylation is 1. The molecule has 1 saturated heterocycles. The third-order valence-electron chi connectivity index (χ3n) is 3.64. The van der Waals surface area contributed by atoms with Crippen LogP contribution in [0, 0.1) is 0 Å². The van der Waals surface area contributed by atoms with E-state index in [0.29, 0.717) is 6.04 Å². The molecule has 0 amide bonds. The summed E-state index contributed by atoms with van der Waals surface area (Å²) in [7, 11) is 2.06. The van der Waals surface area contributed by atoms with Crippen LogP contribution in [0.4, 0.5) is 0 Å². The molecule has 1 N–H and O–H groups in total. The molecular weight excluding hydrogens is 212 g/mol. The molecule has 0 saturated carbocycles. The highest BCUT2D eigenvalue weighted by atomic mass is 15.2. The second kappa shape index (κ2) is 6.17. The molecule has 1 unspecified atom stereocenters. The zero-order valence-corrected chi connectivity index (χ0v) is 11.0. The van der Waals surface area contributed by atoms with Gasteiger partial charge in [0.15, 0.2) is 0 Å². The maximum absolute atomic E-state index is 4.18.